The first-order chi connectivity index (χ1) is 15.2. The number of aliphatic imine (C=N–C) groups is 2. The first-order valence-corrected chi connectivity index (χ1v) is 11.9. The van der Waals surface area contributed by atoms with E-state index in [0.29, 0.717) is 30.9 Å². The largest absolute Gasteiger partial charge is 0.493 e. The number of nitrogens with zero attached hydrogens (tertiary/aromatic N) is 5. The van der Waals surface area contributed by atoms with Gasteiger partial charge in [0.15, 0.2) is 0 Å². The molecule has 1 atom stereocenters. The number of hydrogen-bond donors (Lipinski definition) is 0. The van der Waals surface area contributed by atoms with Crippen LogP contribution in [0.5, 0.6) is 5.75 Å². The highest BCUT2D eigenvalue weighted by Gasteiger charge is 2.25. The Bertz CT molecular complexity index is 870. The summed E-state index contributed by atoms with van der Waals surface area (Å²) in [5.74, 6) is 2.32. The van der Waals surface area contributed by atoms with E-state index in [1.807, 2.05) is 0 Å². The summed E-state index contributed by atoms with van der Waals surface area (Å²) in [6.45, 7) is 11.5. The smallest absolute Gasteiger partial charge is 0.237 e. The van der Waals surface area contributed by atoms with Gasteiger partial charge in [0.2, 0.25) is 5.12 Å². The highest BCUT2D eigenvalue weighted by molar-refractivity contribution is 8.12. The third-order valence-corrected chi connectivity index (χ3v) is 6.43. The van der Waals surface area contributed by atoms with E-state index >= 15 is 0 Å². The molecule has 3 rings (SSSR count). The van der Waals surface area contributed by atoms with Gasteiger partial charge in [0, 0.05) is 56.2 Å². The van der Waals surface area contributed by atoms with Gasteiger partial charge in [0.25, 0.3) is 0 Å². The summed E-state index contributed by atoms with van der Waals surface area (Å²) in [5.41, 5.74) is 0.0695. The molecule has 33 heavy (non-hydrogen) atoms. The molecule has 0 spiro atoms. The van der Waals surface area contributed by atoms with Crippen molar-refractivity contribution in [3.05, 3.63) is 29.6 Å². The number of piperazine rings is 1. The minimum atomic E-state index is -0.551. The van der Waals surface area contributed by atoms with Crippen LogP contribution in [0.1, 0.15) is 37.6 Å². The van der Waals surface area contributed by atoms with Crippen molar-refractivity contribution in [1.29, 1.82) is 0 Å². The van der Waals surface area contributed by atoms with Crippen LogP contribution in [-0.2, 0) is 0 Å². The molecular weight excluding hydrogens is 461 g/mol. The van der Waals surface area contributed by atoms with Crippen LogP contribution in [-0.4, -0.2) is 90.4 Å². The molecule has 2 aliphatic rings. The van der Waals surface area contributed by atoms with E-state index in [1.54, 1.807) is 24.5 Å². The van der Waals surface area contributed by atoms with Crippen LogP contribution in [0.3, 0.4) is 0 Å². The van der Waals surface area contributed by atoms with E-state index in [1.165, 1.54) is 12.1 Å². The van der Waals surface area contributed by atoms with E-state index in [2.05, 4.69) is 35.6 Å². The van der Waals surface area contributed by atoms with Gasteiger partial charge < -0.3 is 9.64 Å². The second-order valence-electron chi connectivity index (χ2n) is 8.70. The van der Waals surface area contributed by atoms with Crippen LogP contribution < -0.4 is 4.74 Å². The number of benzene rings is 1. The SMILES string of the molecule is CC(C)C1=NCC(N2CCN(C(C)CCOc3ccc(C(=O)SN(C)C)c(F)c3)CC2)=N1.S. The second-order valence-corrected chi connectivity index (χ2v) is 9.98. The molecule has 1 unspecified atom stereocenters. The molecule has 0 amide bonds. The zero-order chi connectivity index (χ0) is 23.3. The third kappa shape index (κ3) is 7.70. The average Bonchev–Trinajstić information content (AvgIpc) is 3.24. The Morgan fingerprint density at radius 1 is 1.21 bits per heavy atom. The van der Waals surface area contributed by atoms with Crippen molar-refractivity contribution in [3.8, 4) is 5.75 Å². The zero-order valence-corrected chi connectivity index (χ0v) is 22.0. The molecule has 2 heterocycles. The summed E-state index contributed by atoms with van der Waals surface area (Å²) < 4.78 is 21.7. The molecule has 1 aromatic carbocycles. The predicted octanol–water partition coefficient (Wildman–Crippen LogP) is 3.53. The highest BCUT2D eigenvalue weighted by Crippen LogP contribution is 2.22. The van der Waals surface area contributed by atoms with Crippen LogP contribution in [0.4, 0.5) is 4.39 Å². The Morgan fingerprint density at radius 2 is 1.91 bits per heavy atom. The topological polar surface area (TPSA) is 60.7 Å². The van der Waals surface area contributed by atoms with Gasteiger partial charge in [-0.1, -0.05) is 13.8 Å². The number of hydrogen-bond acceptors (Lipinski definition) is 8. The summed E-state index contributed by atoms with van der Waals surface area (Å²) in [4.78, 5) is 26.1. The van der Waals surface area contributed by atoms with E-state index in [9.17, 15) is 9.18 Å². The Labute approximate surface area is 208 Å². The normalized spacial score (nSPS) is 17.6. The van der Waals surface area contributed by atoms with Gasteiger partial charge in [0.1, 0.15) is 23.2 Å². The molecule has 1 aromatic rings. The van der Waals surface area contributed by atoms with Crippen LogP contribution in [0.25, 0.3) is 0 Å². The zero-order valence-electron chi connectivity index (χ0n) is 20.2. The monoisotopic (exact) mass is 497 g/mol. The Hall–Kier alpha value is -1.62. The summed E-state index contributed by atoms with van der Waals surface area (Å²) in [5, 5.41) is -0.317. The quantitative estimate of drug-likeness (QED) is 0.512. The Kier molecular flexibility index (Phi) is 10.7. The molecule has 1 saturated heterocycles. The van der Waals surface area contributed by atoms with E-state index in [-0.39, 0.29) is 24.2 Å². The number of rotatable bonds is 8. The fourth-order valence-corrected chi connectivity index (χ4v) is 4.35. The molecule has 0 bridgehead atoms. The van der Waals surface area contributed by atoms with Gasteiger partial charge in [-0.05, 0) is 39.6 Å². The molecular formula is C23H36FN5O2S2. The maximum absolute atomic E-state index is 14.3. The summed E-state index contributed by atoms with van der Waals surface area (Å²) in [6.07, 6.45) is 0.848. The van der Waals surface area contributed by atoms with Crippen LogP contribution in [0.2, 0.25) is 0 Å². The van der Waals surface area contributed by atoms with Crippen molar-refractivity contribution >= 4 is 42.2 Å². The number of halogens is 1. The van der Waals surface area contributed by atoms with Gasteiger partial charge in [-0.2, -0.15) is 13.5 Å². The van der Waals surface area contributed by atoms with Gasteiger partial charge in [0.05, 0.1) is 18.7 Å². The molecule has 0 aromatic heterocycles. The number of carbonyl (C=O) groups excluding carboxylic acids is 1. The standard InChI is InChI=1S/C23H34FN5O2S.H2S/c1-16(2)22-25-15-21(26-22)29-11-9-28(10-12-29)17(3)8-13-31-18-6-7-19(20(24)14-18)23(30)32-27(4)5;/h6-7,14,16-17H,8-13,15H2,1-5H3;1H2. The Balaban J connectivity index is 0.00000385. The van der Waals surface area contributed by atoms with Gasteiger partial charge >= 0.3 is 0 Å². The lowest BCUT2D eigenvalue weighted by atomic mass is 10.1. The van der Waals surface area contributed by atoms with Gasteiger partial charge in [-0.3, -0.25) is 14.7 Å². The maximum atomic E-state index is 14.3. The highest BCUT2D eigenvalue weighted by atomic mass is 32.2. The summed E-state index contributed by atoms with van der Waals surface area (Å²) in [7, 11) is 3.50. The second kappa shape index (κ2) is 12.7. The van der Waals surface area contributed by atoms with E-state index in [0.717, 1.165) is 56.2 Å². The lowest BCUT2D eigenvalue weighted by Crippen LogP contribution is -2.51. The minimum Gasteiger partial charge on any atom is -0.493 e. The summed E-state index contributed by atoms with van der Waals surface area (Å²) in [6, 6.07) is 4.81. The minimum absolute atomic E-state index is 0. The molecule has 7 nitrogen and oxygen atoms in total. The number of carbonyl (C=O) groups is 1. The molecule has 0 N–H and O–H groups in total. The van der Waals surface area contributed by atoms with Crippen molar-refractivity contribution < 1.29 is 13.9 Å². The van der Waals surface area contributed by atoms with Crippen molar-refractivity contribution in [2.24, 2.45) is 15.9 Å². The number of ether oxygens (including phenoxy) is 1. The van der Waals surface area contributed by atoms with Crippen molar-refractivity contribution in [1.82, 2.24) is 14.1 Å². The molecule has 0 saturated carbocycles. The van der Waals surface area contributed by atoms with E-state index < -0.39 is 5.82 Å². The van der Waals surface area contributed by atoms with Crippen LogP contribution in [0, 0.1) is 11.7 Å². The van der Waals surface area contributed by atoms with E-state index in [4.69, 9.17) is 9.73 Å². The molecule has 2 aliphatic heterocycles. The Morgan fingerprint density at radius 3 is 2.48 bits per heavy atom. The van der Waals surface area contributed by atoms with Crippen LogP contribution >= 0.6 is 25.4 Å². The van der Waals surface area contributed by atoms with Crippen molar-refractivity contribution in [3.63, 3.8) is 0 Å². The molecule has 1 fully saturated rings. The molecule has 0 radical (unpaired) electrons. The van der Waals surface area contributed by atoms with Gasteiger partial charge in [-0.15, -0.1) is 0 Å². The lowest BCUT2D eigenvalue weighted by molar-refractivity contribution is 0.108. The molecule has 184 valence electrons. The molecule has 10 heteroatoms. The fourth-order valence-electron chi connectivity index (χ4n) is 3.75. The molecule has 0 aliphatic carbocycles. The average molecular weight is 498 g/mol. The fraction of sp³-hybridized carbons (Fsp3) is 0.609. The lowest BCUT2D eigenvalue weighted by Gasteiger charge is -2.38. The predicted molar refractivity (Wildman–Crippen MR) is 140 cm³/mol. The van der Waals surface area contributed by atoms with Gasteiger partial charge in [-0.25, -0.2) is 13.7 Å². The first-order valence-electron chi connectivity index (χ1n) is 11.2. The summed E-state index contributed by atoms with van der Waals surface area (Å²) >= 11 is 0.965. The van der Waals surface area contributed by atoms with Crippen molar-refractivity contribution in [2.45, 2.75) is 33.2 Å². The van der Waals surface area contributed by atoms with Crippen molar-refractivity contribution in [2.75, 3.05) is 53.4 Å². The maximum Gasteiger partial charge on any atom is 0.237 e. The number of amidine groups is 2. The van der Waals surface area contributed by atoms with Crippen LogP contribution in [0.15, 0.2) is 28.2 Å². The first kappa shape index (κ1) is 27.6. The third-order valence-electron chi connectivity index (χ3n) is 5.68.